The van der Waals surface area contributed by atoms with Gasteiger partial charge in [-0.1, -0.05) is 12.8 Å². The molecule has 0 saturated heterocycles. The van der Waals surface area contributed by atoms with E-state index < -0.39 is 0 Å². The van der Waals surface area contributed by atoms with E-state index in [1.807, 2.05) is 0 Å². The first-order valence-electron chi connectivity index (χ1n) is 5.88. The Bertz CT molecular complexity index is 194. The Labute approximate surface area is 96.7 Å². The molecule has 0 aliphatic rings. The van der Waals surface area contributed by atoms with Gasteiger partial charge in [0.05, 0.1) is 19.1 Å². The Balaban J connectivity index is 3.39. The molecule has 0 aromatic rings. The highest BCUT2D eigenvalue weighted by Gasteiger charge is 2.05. The van der Waals surface area contributed by atoms with Crippen molar-refractivity contribution in [3.8, 4) is 0 Å². The molecule has 0 bridgehead atoms. The van der Waals surface area contributed by atoms with Crippen molar-refractivity contribution in [2.75, 3.05) is 13.1 Å². The molecule has 0 fully saturated rings. The van der Waals surface area contributed by atoms with Crippen LogP contribution in [0, 0.1) is 16.6 Å². The number of nitrogens with one attached hydrogen (secondary N) is 3. The molecule has 0 aliphatic carbocycles. The van der Waals surface area contributed by atoms with Gasteiger partial charge in [-0.15, -0.1) is 0 Å². The smallest absolute Gasteiger partial charge is 0.0705 e. The molecule has 16 heavy (non-hydrogen) atoms. The monoisotopic (exact) mass is 226 g/mol. The molecule has 0 aromatic carbocycles. The second-order valence-corrected chi connectivity index (χ2v) is 3.89. The predicted molar refractivity (Wildman–Crippen MR) is 61.3 cm³/mol. The zero-order chi connectivity index (χ0) is 12.1. The number of hydrogen-bond donors (Lipinski definition) is 3. The van der Waals surface area contributed by atoms with E-state index in [1.54, 1.807) is 0 Å². The minimum absolute atomic E-state index is 0.138. The molecule has 0 radical (unpaired) electrons. The fourth-order valence-corrected chi connectivity index (χ4v) is 1.59. The summed E-state index contributed by atoms with van der Waals surface area (Å²) in [4.78, 5) is 0. The molecule has 3 N–H and O–H groups in total. The second-order valence-electron chi connectivity index (χ2n) is 3.89. The highest BCUT2D eigenvalue weighted by atomic mass is 15.0. The Hall–Kier alpha value is -1.20. The van der Waals surface area contributed by atoms with Crippen LogP contribution in [0.2, 0.25) is 0 Å². The van der Waals surface area contributed by atoms with Crippen molar-refractivity contribution in [1.82, 2.24) is 0 Å². The summed E-state index contributed by atoms with van der Waals surface area (Å²) in [6.45, 7) is 1.21. The molecule has 1 unspecified atom stereocenters. The van der Waals surface area contributed by atoms with E-state index in [2.05, 4.69) is 15.3 Å². The molecule has 0 aromatic heterocycles. The lowest BCUT2D eigenvalue weighted by atomic mass is 10.0. The van der Waals surface area contributed by atoms with Gasteiger partial charge in [-0.25, -0.2) is 16.6 Å². The lowest BCUT2D eigenvalue weighted by Crippen LogP contribution is -2.03. The summed E-state index contributed by atoms with van der Waals surface area (Å²) in [7, 11) is 0. The minimum atomic E-state index is 0.138. The van der Waals surface area contributed by atoms with E-state index >= 15 is 0 Å². The van der Waals surface area contributed by atoms with Crippen LogP contribution in [0.5, 0.6) is 0 Å². The second kappa shape index (κ2) is 11.9. The number of nitrogens with zero attached hydrogens (tertiary/aromatic N) is 3. The number of rotatable bonds is 12. The van der Waals surface area contributed by atoms with Gasteiger partial charge in [0.2, 0.25) is 0 Å². The van der Waals surface area contributed by atoms with Crippen molar-refractivity contribution < 1.29 is 0 Å². The fourth-order valence-electron chi connectivity index (χ4n) is 1.59. The third-order valence-electron chi connectivity index (χ3n) is 2.55. The van der Waals surface area contributed by atoms with Crippen molar-refractivity contribution in [3.05, 3.63) is 0 Å². The maximum absolute atomic E-state index is 7.07. The van der Waals surface area contributed by atoms with Crippen molar-refractivity contribution >= 4 is 0 Å². The lowest BCUT2D eigenvalue weighted by Gasteiger charge is -2.09. The van der Waals surface area contributed by atoms with Gasteiger partial charge in [-0.05, 0) is 32.1 Å². The van der Waals surface area contributed by atoms with Crippen LogP contribution >= 0.6 is 0 Å². The normalized spacial score (nSPS) is 12.0. The van der Waals surface area contributed by atoms with Gasteiger partial charge in [0, 0.05) is 0 Å². The first-order chi connectivity index (χ1) is 7.85. The summed E-state index contributed by atoms with van der Waals surface area (Å²) >= 11 is 0. The SMILES string of the molecule is N=NCCCCCC(CCCCN=N)N=N. The highest BCUT2D eigenvalue weighted by molar-refractivity contribution is 4.64. The average Bonchev–Trinajstić information content (AvgIpc) is 2.31. The summed E-state index contributed by atoms with van der Waals surface area (Å²) in [5.74, 6) is 0. The van der Waals surface area contributed by atoms with Crippen LogP contribution < -0.4 is 0 Å². The zero-order valence-corrected chi connectivity index (χ0v) is 9.78. The van der Waals surface area contributed by atoms with E-state index in [-0.39, 0.29) is 6.04 Å². The molecular weight excluding hydrogens is 204 g/mol. The molecule has 0 rings (SSSR count). The molecule has 0 saturated carbocycles. The summed E-state index contributed by atoms with van der Waals surface area (Å²) in [6, 6.07) is 0.138. The van der Waals surface area contributed by atoms with Gasteiger partial charge >= 0.3 is 0 Å². The maximum Gasteiger partial charge on any atom is 0.0705 e. The van der Waals surface area contributed by atoms with Gasteiger partial charge in [-0.2, -0.15) is 15.3 Å². The van der Waals surface area contributed by atoms with Crippen molar-refractivity contribution in [2.24, 2.45) is 15.3 Å². The number of hydrogen-bond acceptors (Lipinski definition) is 6. The van der Waals surface area contributed by atoms with Gasteiger partial charge in [0.1, 0.15) is 0 Å². The molecule has 6 heteroatoms. The van der Waals surface area contributed by atoms with Crippen LogP contribution in [-0.4, -0.2) is 19.1 Å². The molecule has 0 aliphatic heterocycles. The third-order valence-corrected chi connectivity index (χ3v) is 2.55. The van der Waals surface area contributed by atoms with Crippen LogP contribution in [0.1, 0.15) is 44.9 Å². The van der Waals surface area contributed by atoms with Crippen LogP contribution in [0.4, 0.5) is 0 Å². The molecule has 92 valence electrons. The molecule has 1 atom stereocenters. The Morgan fingerprint density at radius 2 is 1.19 bits per heavy atom. The van der Waals surface area contributed by atoms with Crippen molar-refractivity contribution in [1.29, 1.82) is 16.6 Å². The number of unbranched alkanes of at least 4 members (excludes halogenated alkanes) is 3. The van der Waals surface area contributed by atoms with Crippen LogP contribution in [0.15, 0.2) is 15.3 Å². The maximum atomic E-state index is 7.07. The average molecular weight is 226 g/mol. The molecule has 0 heterocycles. The van der Waals surface area contributed by atoms with Gasteiger partial charge in [-0.3, -0.25) is 0 Å². The fraction of sp³-hybridized carbons (Fsp3) is 1.00. The third kappa shape index (κ3) is 9.36. The van der Waals surface area contributed by atoms with Crippen LogP contribution in [0.3, 0.4) is 0 Å². The summed E-state index contributed by atoms with van der Waals surface area (Å²) < 4.78 is 0. The summed E-state index contributed by atoms with van der Waals surface area (Å²) in [5, 5.41) is 10.2. The summed E-state index contributed by atoms with van der Waals surface area (Å²) in [6.07, 6.45) is 6.90. The largest absolute Gasteiger partial charge is 0.210 e. The predicted octanol–water partition coefficient (Wildman–Crippen LogP) is 4.18. The van der Waals surface area contributed by atoms with Crippen molar-refractivity contribution in [3.63, 3.8) is 0 Å². The Morgan fingerprint density at radius 3 is 1.69 bits per heavy atom. The van der Waals surface area contributed by atoms with E-state index in [4.69, 9.17) is 16.6 Å². The van der Waals surface area contributed by atoms with E-state index in [0.717, 1.165) is 44.9 Å². The molecule has 0 amide bonds. The van der Waals surface area contributed by atoms with Gasteiger partial charge < -0.3 is 0 Å². The standard InChI is InChI=1S/C10H22N6/c11-14-8-4-1-2-6-10(16-13)7-3-5-9-15-12/h10-13H,1-9H2. The van der Waals surface area contributed by atoms with Crippen molar-refractivity contribution in [2.45, 2.75) is 51.0 Å². The van der Waals surface area contributed by atoms with Gasteiger partial charge in [0.15, 0.2) is 0 Å². The van der Waals surface area contributed by atoms with Crippen LogP contribution in [0.25, 0.3) is 0 Å². The van der Waals surface area contributed by atoms with Gasteiger partial charge in [0.25, 0.3) is 0 Å². The topological polar surface area (TPSA) is 109 Å². The van der Waals surface area contributed by atoms with E-state index in [9.17, 15) is 0 Å². The minimum Gasteiger partial charge on any atom is -0.210 e. The van der Waals surface area contributed by atoms with Crippen LogP contribution in [-0.2, 0) is 0 Å². The van der Waals surface area contributed by atoms with E-state index in [0.29, 0.717) is 13.1 Å². The first-order valence-corrected chi connectivity index (χ1v) is 5.88. The molecule has 6 nitrogen and oxygen atoms in total. The molecular formula is C10H22N6. The van der Waals surface area contributed by atoms with E-state index in [1.165, 1.54) is 0 Å². The Kier molecular flexibility index (Phi) is 11.0. The zero-order valence-electron chi connectivity index (χ0n) is 9.78. The first kappa shape index (κ1) is 14.8. The quantitative estimate of drug-likeness (QED) is 0.328. The molecule has 0 spiro atoms. The lowest BCUT2D eigenvalue weighted by molar-refractivity contribution is 0.482. The Morgan fingerprint density at radius 1 is 0.688 bits per heavy atom. The summed E-state index contributed by atoms with van der Waals surface area (Å²) in [5.41, 5.74) is 20.4. The highest BCUT2D eigenvalue weighted by Crippen LogP contribution is 2.13.